The molecule has 4 unspecified atom stereocenters. The molecule has 3 aromatic rings. The molecule has 2 heterocycles. The van der Waals surface area contributed by atoms with E-state index >= 15 is 0 Å². The highest BCUT2D eigenvalue weighted by molar-refractivity contribution is 5.42. The molecule has 0 saturated carbocycles. The molecular formula is C103H198N2. The van der Waals surface area contributed by atoms with E-state index in [9.17, 15) is 0 Å². The van der Waals surface area contributed by atoms with Gasteiger partial charge in [-0.25, -0.2) is 0 Å². The zero-order valence-electron chi connectivity index (χ0n) is 81.1. The van der Waals surface area contributed by atoms with Gasteiger partial charge in [0.15, 0.2) is 0 Å². The molecule has 0 aliphatic heterocycles. The molecule has 0 N–H and O–H groups in total. The van der Waals surface area contributed by atoms with Crippen LogP contribution in [0.3, 0.4) is 0 Å². The van der Waals surface area contributed by atoms with E-state index < -0.39 is 0 Å². The molecule has 3 rings (SSSR count). The molecule has 0 spiro atoms. The predicted octanol–water partition coefficient (Wildman–Crippen LogP) is 34.8. The van der Waals surface area contributed by atoms with E-state index in [-0.39, 0.29) is 0 Å². The number of aromatic nitrogens is 2. The van der Waals surface area contributed by atoms with Gasteiger partial charge < -0.3 is 0 Å². The Kier molecular flexibility index (Phi) is 57.9. The van der Waals surface area contributed by atoms with Crippen LogP contribution in [-0.4, -0.2) is 9.97 Å². The molecule has 0 aliphatic rings. The van der Waals surface area contributed by atoms with E-state index in [2.05, 4.69) is 373 Å². The van der Waals surface area contributed by atoms with E-state index in [1.807, 2.05) is 0 Å². The van der Waals surface area contributed by atoms with Crippen LogP contribution >= 0.6 is 0 Å². The van der Waals surface area contributed by atoms with Gasteiger partial charge >= 0.3 is 0 Å². The summed E-state index contributed by atoms with van der Waals surface area (Å²) in [6, 6.07) is 7.09. The Hall–Kier alpha value is -2.48. The molecular weight excluding hydrogens is 1270 g/mol. The zero-order valence-corrected chi connectivity index (χ0v) is 81.1. The fraction of sp³-hybridized carbons (Fsp3) is 0.845. The van der Waals surface area contributed by atoms with Crippen molar-refractivity contribution in [2.75, 3.05) is 0 Å². The van der Waals surface area contributed by atoms with E-state index in [0.717, 1.165) is 113 Å². The number of pyridine rings is 2. The minimum atomic E-state index is 0.558. The van der Waals surface area contributed by atoms with Gasteiger partial charge in [0.25, 0.3) is 0 Å². The highest BCUT2D eigenvalue weighted by atomic mass is 14.7. The lowest BCUT2D eigenvalue weighted by molar-refractivity contribution is 0.117. The van der Waals surface area contributed by atoms with Crippen molar-refractivity contribution in [3.05, 3.63) is 92.1 Å². The average Bonchev–Trinajstić information content (AvgIpc) is 0.811. The van der Waals surface area contributed by atoms with Crippen molar-refractivity contribution in [2.45, 2.75) is 444 Å². The lowest BCUT2D eigenvalue weighted by Gasteiger charge is -2.37. The Labute approximate surface area is 666 Å². The smallest absolute Gasteiger partial charge is 0.0410 e. The number of aryl methyl sites for hydroxylation is 2. The summed E-state index contributed by atoms with van der Waals surface area (Å²) in [5.74, 6) is 20.9. The third-order valence-corrected chi connectivity index (χ3v) is 22.3. The van der Waals surface area contributed by atoms with Crippen molar-refractivity contribution in [3.8, 4) is 0 Å². The van der Waals surface area contributed by atoms with Gasteiger partial charge in [-0.1, -0.05) is 343 Å². The molecule has 0 bridgehead atoms. The molecule has 105 heavy (non-hydrogen) atoms. The van der Waals surface area contributed by atoms with E-state index in [1.54, 1.807) is 5.56 Å². The monoisotopic (exact) mass is 1460 g/mol. The second kappa shape index (κ2) is 55.9. The maximum Gasteiger partial charge on any atom is 0.0410 e. The summed E-state index contributed by atoms with van der Waals surface area (Å²) in [5.41, 5.74) is 16.4. The molecule has 0 fully saturated rings. The summed E-state index contributed by atoms with van der Waals surface area (Å²) < 4.78 is 0. The van der Waals surface area contributed by atoms with Crippen LogP contribution in [0, 0.1) is 138 Å². The number of benzene rings is 1. The second-order valence-corrected chi connectivity index (χ2v) is 42.2. The highest BCUT2D eigenvalue weighted by Gasteiger charge is 2.32. The van der Waals surface area contributed by atoms with Crippen LogP contribution < -0.4 is 0 Å². The average molecular weight is 1460 g/mol. The largest absolute Gasteiger partial charge is 0.261 e. The van der Waals surface area contributed by atoms with Crippen LogP contribution in [0.25, 0.3) is 0 Å². The third kappa shape index (κ3) is 47.5. The van der Waals surface area contributed by atoms with Gasteiger partial charge in [-0.15, -0.1) is 0 Å². The first-order chi connectivity index (χ1) is 47.9. The molecule has 0 saturated heterocycles. The summed E-state index contributed by atoms with van der Waals surface area (Å²) >= 11 is 0. The Bertz CT molecular complexity index is 2470. The van der Waals surface area contributed by atoms with Crippen LogP contribution in [-0.2, 0) is 12.8 Å². The molecule has 0 amide bonds. The molecule has 2 heteroatoms. The standard InChI is InChI=1S/C18H38.C17H29N.C15H25N.C15H24.C15H32.C12H26.C11H24/c1-12(2)10-15(7)17(9)18(14(5)6)16(8)11-13(3)4;1-11(2)8-15-10-18-14(7)17(13(5)6)16(15)9-12(3)4;1-9(2)13-8-16-12(7)14(10(3)4)15(13)11(5)6;1-10(2)13-7-14(11(3)4)9-15(8-13)12(5)6;1-8-15(9-12(2)3,10-13(4)5)11-14(6)7;1-9(2)7-12(11(5)6)8-10(3)4;1-8(2)7-11(9(3)4)10(5)6/h12-18H,10-11H2,1-9H3;10-13H,8-9H2,1-7H3;8-11H,1-7H3;7-12H,1-6H3;12-14H,8-11H2,1-7H3;9-12H,7-8H2,1-6H3;8-11H,7H2,1-6H3. The predicted molar refractivity (Wildman–Crippen MR) is 486 cm³/mol. The Balaban J connectivity index is -0.000000570. The molecule has 620 valence electrons. The first-order valence-electron chi connectivity index (χ1n) is 45.1. The van der Waals surface area contributed by atoms with Crippen LogP contribution in [0.2, 0.25) is 0 Å². The summed E-state index contributed by atoms with van der Waals surface area (Å²) in [5, 5.41) is 0. The van der Waals surface area contributed by atoms with Crippen molar-refractivity contribution in [1.82, 2.24) is 9.97 Å². The number of nitrogens with zero attached hydrogens (tertiary/aromatic N) is 2. The van der Waals surface area contributed by atoms with Gasteiger partial charge in [0.1, 0.15) is 0 Å². The van der Waals surface area contributed by atoms with Crippen LogP contribution in [0.1, 0.15) is 479 Å². The van der Waals surface area contributed by atoms with Gasteiger partial charge in [0.05, 0.1) is 0 Å². The molecule has 2 aromatic heterocycles. The molecule has 4 atom stereocenters. The van der Waals surface area contributed by atoms with Crippen molar-refractivity contribution in [2.24, 2.45) is 124 Å². The summed E-state index contributed by atoms with van der Waals surface area (Å²) in [6.07, 6.45) is 19.0. The number of hydrogen-bond donors (Lipinski definition) is 0. The lowest BCUT2D eigenvalue weighted by Crippen LogP contribution is -2.30. The fourth-order valence-electron chi connectivity index (χ4n) is 17.9. The van der Waals surface area contributed by atoms with Gasteiger partial charge in [0.2, 0.25) is 0 Å². The van der Waals surface area contributed by atoms with Crippen molar-refractivity contribution < 1.29 is 0 Å². The molecule has 1 aromatic carbocycles. The first-order valence-corrected chi connectivity index (χ1v) is 45.1. The maximum absolute atomic E-state index is 4.62. The Morgan fingerprint density at radius 2 is 0.638 bits per heavy atom. The maximum atomic E-state index is 4.62. The lowest BCUT2D eigenvalue weighted by atomic mass is 9.68. The topological polar surface area (TPSA) is 25.8 Å². The minimum absolute atomic E-state index is 0.558. The minimum Gasteiger partial charge on any atom is -0.261 e. The normalized spacial score (nSPS) is 13.5. The first kappa shape index (κ1) is 109. The van der Waals surface area contributed by atoms with E-state index in [4.69, 9.17) is 0 Å². The summed E-state index contributed by atoms with van der Waals surface area (Å²) in [7, 11) is 0. The molecule has 0 radical (unpaired) electrons. The third-order valence-electron chi connectivity index (χ3n) is 22.3. The number of rotatable bonds is 35. The van der Waals surface area contributed by atoms with Gasteiger partial charge in [-0.2, -0.15) is 0 Å². The number of hydrogen-bond acceptors (Lipinski definition) is 2. The van der Waals surface area contributed by atoms with Crippen LogP contribution in [0.5, 0.6) is 0 Å². The summed E-state index contributed by atoms with van der Waals surface area (Å²) in [4.78, 5) is 9.19. The molecule has 2 nitrogen and oxygen atoms in total. The van der Waals surface area contributed by atoms with Gasteiger partial charge in [-0.05, 0) is 293 Å². The van der Waals surface area contributed by atoms with Crippen LogP contribution in [0.15, 0.2) is 30.6 Å². The highest BCUT2D eigenvalue weighted by Crippen LogP contribution is 2.43. The van der Waals surface area contributed by atoms with Crippen molar-refractivity contribution in [3.63, 3.8) is 0 Å². The van der Waals surface area contributed by atoms with Gasteiger partial charge in [-0.3, -0.25) is 9.97 Å². The quantitative estimate of drug-likeness (QED) is 0.0587. The zero-order chi connectivity index (χ0) is 83.2. The van der Waals surface area contributed by atoms with Crippen molar-refractivity contribution >= 4 is 0 Å². The Morgan fingerprint density at radius 1 is 0.305 bits per heavy atom. The molecule has 0 aliphatic carbocycles. The van der Waals surface area contributed by atoms with E-state index in [0.29, 0.717) is 58.7 Å². The van der Waals surface area contributed by atoms with Crippen LogP contribution in [0.4, 0.5) is 0 Å². The fourth-order valence-corrected chi connectivity index (χ4v) is 17.9. The SMILES string of the molecule is CC(C)CC(C(C)C)C(C)C.CC(C)CC(C)C(C)C(C(C)C)C(C)CC(C)C.CC(C)CC(CC(C)C)C(C)C.CC(C)c1cc(C(C)C)cc(C(C)C)c1.CCC(CC(C)C)(CC(C)C)CC(C)C.Cc1ncc(C(C)C)c(C(C)C)c1C(C)C.Cc1ncc(CC(C)C)c(CC(C)C)c1C(C)C. The van der Waals surface area contributed by atoms with Crippen molar-refractivity contribution in [1.29, 1.82) is 0 Å². The van der Waals surface area contributed by atoms with E-state index in [1.165, 1.54) is 120 Å². The summed E-state index contributed by atoms with van der Waals surface area (Å²) in [6.45, 7) is 112. The Morgan fingerprint density at radius 3 is 0.895 bits per heavy atom. The second-order valence-electron chi connectivity index (χ2n) is 42.2. The van der Waals surface area contributed by atoms with Gasteiger partial charge in [0, 0.05) is 23.8 Å².